The Kier molecular flexibility index (Phi) is 4.41. The second kappa shape index (κ2) is 5.44. The van der Waals surface area contributed by atoms with E-state index in [1.54, 1.807) is 29.2 Å². The number of nitrogens with two attached hydrogens (primary N) is 1. The molecule has 3 nitrogen and oxygen atoms in total. The number of anilines is 1. The molecular weight excluding hydrogens is 248 g/mol. The number of hydrogen-bond acceptors (Lipinski definition) is 2. The Bertz CT molecular complexity index is 463. The lowest BCUT2D eigenvalue weighted by atomic mass is 10.0. The van der Waals surface area contributed by atoms with Crippen molar-refractivity contribution < 1.29 is 4.79 Å². The van der Waals surface area contributed by atoms with Crippen LogP contribution in [-0.2, 0) is 0 Å². The second-order valence-corrected chi connectivity index (χ2v) is 5.52. The molecule has 0 aliphatic rings. The Hall–Kier alpha value is -1.48. The summed E-state index contributed by atoms with van der Waals surface area (Å²) in [7, 11) is 0. The number of benzene rings is 1. The molecular formula is C14H19ClN2O. The lowest BCUT2D eigenvalue weighted by Gasteiger charge is -2.35. The number of nitrogens with zero attached hydrogens (tertiary/aromatic N) is 1. The highest BCUT2D eigenvalue weighted by Gasteiger charge is 2.27. The van der Waals surface area contributed by atoms with Crippen molar-refractivity contribution in [2.75, 3.05) is 12.3 Å². The fourth-order valence-electron chi connectivity index (χ4n) is 1.64. The van der Waals surface area contributed by atoms with Crippen LogP contribution in [0, 0.1) is 0 Å². The van der Waals surface area contributed by atoms with Crippen LogP contribution in [-0.4, -0.2) is 22.9 Å². The summed E-state index contributed by atoms with van der Waals surface area (Å²) in [6.07, 6.45) is 1.70. The minimum Gasteiger partial charge on any atom is -0.399 e. The molecule has 0 aliphatic heterocycles. The summed E-state index contributed by atoms with van der Waals surface area (Å²) < 4.78 is 0. The van der Waals surface area contributed by atoms with Crippen LogP contribution < -0.4 is 5.73 Å². The molecule has 0 saturated heterocycles. The highest BCUT2D eigenvalue weighted by atomic mass is 35.5. The van der Waals surface area contributed by atoms with E-state index in [0.717, 1.165) is 0 Å². The van der Waals surface area contributed by atoms with Crippen LogP contribution in [0.5, 0.6) is 0 Å². The van der Waals surface area contributed by atoms with Crippen LogP contribution >= 0.6 is 11.6 Å². The first-order valence-corrected chi connectivity index (χ1v) is 6.13. The largest absolute Gasteiger partial charge is 0.399 e. The van der Waals surface area contributed by atoms with Gasteiger partial charge in [-0.2, -0.15) is 0 Å². The molecule has 0 unspecified atom stereocenters. The van der Waals surface area contributed by atoms with E-state index in [0.29, 0.717) is 22.8 Å². The maximum atomic E-state index is 12.5. The standard InChI is InChI=1S/C14H19ClN2O/c1-5-8-17(14(2,3)4)13(18)11-7-6-10(16)9-12(11)15/h5-7,9H,1,8,16H2,2-4H3. The summed E-state index contributed by atoms with van der Waals surface area (Å²) in [5, 5.41) is 0.373. The topological polar surface area (TPSA) is 46.3 Å². The third-order valence-corrected chi connectivity index (χ3v) is 2.90. The minimum absolute atomic E-state index is 0.118. The normalized spacial score (nSPS) is 11.1. The van der Waals surface area contributed by atoms with E-state index < -0.39 is 0 Å². The van der Waals surface area contributed by atoms with Crippen molar-refractivity contribution in [1.29, 1.82) is 0 Å². The Balaban J connectivity index is 3.14. The predicted molar refractivity (Wildman–Crippen MR) is 76.9 cm³/mol. The quantitative estimate of drug-likeness (QED) is 0.674. The van der Waals surface area contributed by atoms with Gasteiger partial charge in [-0.3, -0.25) is 4.79 Å². The summed E-state index contributed by atoms with van der Waals surface area (Å²) in [5.41, 5.74) is 6.33. The average Bonchev–Trinajstić information content (AvgIpc) is 2.23. The van der Waals surface area contributed by atoms with E-state index >= 15 is 0 Å². The van der Waals surface area contributed by atoms with Gasteiger partial charge in [0.25, 0.3) is 5.91 Å². The van der Waals surface area contributed by atoms with Gasteiger partial charge in [0.15, 0.2) is 0 Å². The van der Waals surface area contributed by atoms with Crippen LogP contribution in [0.3, 0.4) is 0 Å². The third-order valence-electron chi connectivity index (χ3n) is 2.59. The maximum Gasteiger partial charge on any atom is 0.256 e. The number of hydrogen-bond donors (Lipinski definition) is 1. The average molecular weight is 267 g/mol. The van der Waals surface area contributed by atoms with Crippen molar-refractivity contribution in [1.82, 2.24) is 4.90 Å². The van der Waals surface area contributed by atoms with Gasteiger partial charge in [0.2, 0.25) is 0 Å². The number of nitrogen functional groups attached to an aromatic ring is 1. The van der Waals surface area contributed by atoms with Gasteiger partial charge in [-0.1, -0.05) is 17.7 Å². The van der Waals surface area contributed by atoms with E-state index in [1.165, 1.54) is 0 Å². The zero-order chi connectivity index (χ0) is 13.9. The zero-order valence-corrected chi connectivity index (χ0v) is 11.8. The fourth-order valence-corrected chi connectivity index (χ4v) is 1.91. The highest BCUT2D eigenvalue weighted by Crippen LogP contribution is 2.24. The SMILES string of the molecule is C=CCN(C(=O)c1ccc(N)cc1Cl)C(C)(C)C. The first-order chi connectivity index (χ1) is 8.27. The van der Waals surface area contributed by atoms with Crippen molar-refractivity contribution in [3.63, 3.8) is 0 Å². The lowest BCUT2D eigenvalue weighted by molar-refractivity contribution is 0.0617. The van der Waals surface area contributed by atoms with E-state index in [-0.39, 0.29) is 11.4 Å². The number of rotatable bonds is 3. The van der Waals surface area contributed by atoms with Crippen molar-refractivity contribution in [3.8, 4) is 0 Å². The Morgan fingerprint density at radius 1 is 1.50 bits per heavy atom. The first kappa shape index (κ1) is 14.6. The lowest BCUT2D eigenvalue weighted by Crippen LogP contribution is -2.45. The molecule has 0 aliphatic carbocycles. The minimum atomic E-state index is -0.296. The molecule has 0 fully saturated rings. The summed E-state index contributed by atoms with van der Waals surface area (Å²) in [6.45, 7) is 10.1. The summed E-state index contributed by atoms with van der Waals surface area (Å²) in [5.74, 6) is -0.118. The van der Waals surface area contributed by atoms with Crippen molar-refractivity contribution in [2.45, 2.75) is 26.3 Å². The molecule has 0 saturated carbocycles. The second-order valence-electron chi connectivity index (χ2n) is 5.11. The van der Waals surface area contributed by atoms with E-state index in [9.17, 15) is 4.79 Å². The maximum absolute atomic E-state index is 12.5. The molecule has 0 spiro atoms. The number of carbonyl (C=O) groups is 1. The van der Waals surface area contributed by atoms with Crippen molar-refractivity contribution in [3.05, 3.63) is 41.4 Å². The molecule has 2 N–H and O–H groups in total. The molecule has 1 rings (SSSR count). The van der Waals surface area contributed by atoms with Gasteiger partial charge in [-0.15, -0.1) is 6.58 Å². The number of amides is 1. The van der Waals surface area contributed by atoms with Gasteiger partial charge >= 0.3 is 0 Å². The number of halogens is 1. The van der Waals surface area contributed by atoms with Crippen LogP contribution in [0.15, 0.2) is 30.9 Å². The van der Waals surface area contributed by atoms with Crippen molar-refractivity contribution >= 4 is 23.2 Å². The molecule has 18 heavy (non-hydrogen) atoms. The van der Waals surface area contributed by atoms with Gasteiger partial charge in [0, 0.05) is 17.8 Å². The summed E-state index contributed by atoms with van der Waals surface area (Å²) in [4.78, 5) is 14.2. The fraction of sp³-hybridized carbons (Fsp3) is 0.357. The highest BCUT2D eigenvalue weighted by molar-refractivity contribution is 6.34. The molecule has 0 radical (unpaired) electrons. The van der Waals surface area contributed by atoms with Crippen LogP contribution in [0.4, 0.5) is 5.69 Å². The molecule has 1 amide bonds. The van der Waals surface area contributed by atoms with Crippen LogP contribution in [0.1, 0.15) is 31.1 Å². The van der Waals surface area contributed by atoms with Gasteiger partial charge in [-0.25, -0.2) is 0 Å². The Labute approximate surface area is 113 Å². The predicted octanol–water partition coefficient (Wildman–Crippen LogP) is 3.35. The van der Waals surface area contributed by atoms with Gasteiger partial charge in [-0.05, 0) is 39.0 Å². The number of carbonyl (C=O) groups excluding carboxylic acids is 1. The van der Waals surface area contributed by atoms with E-state index in [1.807, 2.05) is 20.8 Å². The van der Waals surface area contributed by atoms with Crippen LogP contribution in [0.2, 0.25) is 5.02 Å². The smallest absolute Gasteiger partial charge is 0.256 e. The molecule has 0 bridgehead atoms. The Morgan fingerprint density at radius 2 is 2.11 bits per heavy atom. The molecule has 98 valence electrons. The summed E-state index contributed by atoms with van der Waals surface area (Å²) in [6, 6.07) is 4.92. The molecule has 1 aromatic carbocycles. The van der Waals surface area contributed by atoms with Crippen molar-refractivity contribution in [2.24, 2.45) is 0 Å². The van der Waals surface area contributed by atoms with E-state index in [4.69, 9.17) is 17.3 Å². The van der Waals surface area contributed by atoms with Crippen LogP contribution in [0.25, 0.3) is 0 Å². The summed E-state index contributed by atoms with van der Waals surface area (Å²) >= 11 is 6.07. The molecule has 0 aromatic heterocycles. The molecule has 1 aromatic rings. The molecule has 4 heteroatoms. The van der Waals surface area contributed by atoms with Gasteiger partial charge < -0.3 is 10.6 Å². The molecule has 0 heterocycles. The van der Waals surface area contributed by atoms with Gasteiger partial charge in [0.05, 0.1) is 10.6 Å². The van der Waals surface area contributed by atoms with E-state index in [2.05, 4.69) is 6.58 Å². The molecule has 0 atom stereocenters. The monoisotopic (exact) mass is 266 g/mol. The third kappa shape index (κ3) is 3.26. The first-order valence-electron chi connectivity index (χ1n) is 5.75. The Morgan fingerprint density at radius 3 is 2.56 bits per heavy atom. The zero-order valence-electron chi connectivity index (χ0n) is 11.0. The van der Waals surface area contributed by atoms with Gasteiger partial charge in [0.1, 0.15) is 0 Å².